The van der Waals surface area contributed by atoms with Gasteiger partial charge in [0.25, 0.3) is 0 Å². The zero-order chi connectivity index (χ0) is 23.4. The lowest BCUT2D eigenvalue weighted by Gasteiger charge is -2.15. The van der Waals surface area contributed by atoms with Crippen LogP contribution in [0.5, 0.6) is 28.7 Å². The Morgan fingerprint density at radius 3 is 1.88 bits per heavy atom. The number of aromatic nitrogens is 1. The van der Waals surface area contributed by atoms with Gasteiger partial charge in [-0.05, 0) is 65.5 Å². The molecule has 1 aromatic heterocycles. The first-order valence-electron chi connectivity index (χ1n) is 10.5. The van der Waals surface area contributed by atoms with Crippen molar-refractivity contribution in [1.29, 1.82) is 0 Å². The van der Waals surface area contributed by atoms with E-state index in [2.05, 4.69) is 6.07 Å². The molecule has 0 fully saturated rings. The standard InChI is InChI=1S/C27H27NO5/c1-29-20-9-7-18(8-10-20)22-14-19-15-26(32-4)27(33-5)16-21(19)23(28-22)12-17-6-11-24(30-2)25(13-17)31-3/h6-11,13-16H,12H2,1-5H3. The van der Waals surface area contributed by atoms with Crippen LogP contribution in [0.25, 0.3) is 22.0 Å². The molecule has 0 N–H and O–H groups in total. The fraction of sp³-hybridized carbons (Fsp3) is 0.222. The third-order valence-corrected chi connectivity index (χ3v) is 5.62. The molecule has 0 amide bonds. The summed E-state index contributed by atoms with van der Waals surface area (Å²) in [7, 11) is 8.20. The number of rotatable bonds is 8. The number of hydrogen-bond acceptors (Lipinski definition) is 6. The molecule has 4 aromatic rings. The van der Waals surface area contributed by atoms with Gasteiger partial charge in [-0.1, -0.05) is 6.07 Å². The zero-order valence-corrected chi connectivity index (χ0v) is 19.5. The van der Waals surface area contributed by atoms with E-state index in [0.29, 0.717) is 29.4 Å². The largest absolute Gasteiger partial charge is 0.497 e. The summed E-state index contributed by atoms with van der Waals surface area (Å²) in [5, 5.41) is 2.02. The summed E-state index contributed by atoms with van der Waals surface area (Å²) in [5.41, 5.74) is 3.85. The van der Waals surface area contributed by atoms with E-state index in [-0.39, 0.29) is 0 Å². The smallest absolute Gasteiger partial charge is 0.161 e. The van der Waals surface area contributed by atoms with Crippen molar-refractivity contribution in [1.82, 2.24) is 4.98 Å². The molecule has 0 saturated carbocycles. The zero-order valence-electron chi connectivity index (χ0n) is 19.5. The van der Waals surface area contributed by atoms with E-state index < -0.39 is 0 Å². The van der Waals surface area contributed by atoms with Crippen molar-refractivity contribution >= 4 is 10.8 Å². The van der Waals surface area contributed by atoms with Crippen LogP contribution in [0.4, 0.5) is 0 Å². The maximum atomic E-state index is 5.55. The Balaban J connectivity index is 1.87. The molecule has 1 heterocycles. The molecule has 0 atom stereocenters. The van der Waals surface area contributed by atoms with Crippen molar-refractivity contribution in [2.24, 2.45) is 0 Å². The molecule has 0 unspecified atom stereocenters. The van der Waals surface area contributed by atoms with Gasteiger partial charge in [-0.3, -0.25) is 4.98 Å². The van der Waals surface area contributed by atoms with Gasteiger partial charge in [0.2, 0.25) is 0 Å². The van der Waals surface area contributed by atoms with Crippen LogP contribution in [0.2, 0.25) is 0 Å². The predicted octanol–water partition coefficient (Wildman–Crippen LogP) is 5.54. The highest BCUT2D eigenvalue weighted by Crippen LogP contribution is 2.36. The number of benzene rings is 3. The van der Waals surface area contributed by atoms with Gasteiger partial charge in [0.15, 0.2) is 23.0 Å². The average Bonchev–Trinajstić information content (AvgIpc) is 2.87. The second-order valence-corrected chi connectivity index (χ2v) is 7.48. The molecule has 3 aromatic carbocycles. The normalized spacial score (nSPS) is 10.7. The Morgan fingerprint density at radius 1 is 0.606 bits per heavy atom. The second kappa shape index (κ2) is 9.69. The number of ether oxygens (including phenoxy) is 5. The second-order valence-electron chi connectivity index (χ2n) is 7.48. The summed E-state index contributed by atoms with van der Waals surface area (Å²) < 4.78 is 27.3. The van der Waals surface area contributed by atoms with Crippen LogP contribution in [-0.2, 0) is 6.42 Å². The monoisotopic (exact) mass is 445 g/mol. The Bertz CT molecular complexity index is 1270. The van der Waals surface area contributed by atoms with Gasteiger partial charge >= 0.3 is 0 Å². The molecule has 0 aliphatic carbocycles. The lowest BCUT2D eigenvalue weighted by molar-refractivity contribution is 0.354. The maximum absolute atomic E-state index is 5.55. The SMILES string of the molecule is COc1ccc(-c2cc3cc(OC)c(OC)cc3c(Cc3ccc(OC)c(OC)c3)n2)cc1. The van der Waals surface area contributed by atoms with Gasteiger partial charge in [0.05, 0.1) is 46.9 Å². The van der Waals surface area contributed by atoms with E-state index in [4.69, 9.17) is 28.7 Å². The minimum atomic E-state index is 0.607. The van der Waals surface area contributed by atoms with Crippen LogP contribution in [-0.4, -0.2) is 40.5 Å². The van der Waals surface area contributed by atoms with Crippen molar-refractivity contribution in [3.05, 3.63) is 71.9 Å². The highest BCUT2D eigenvalue weighted by molar-refractivity contribution is 5.91. The summed E-state index contributed by atoms with van der Waals surface area (Å²) in [6.45, 7) is 0. The van der Waals surface area contributed by atoms with Crippen molar-refractivity contribution in [3.8, 4) is 40.0 Å². The van der Waals surface area contributed by atoms with E-state index in [9.17, 15) is 0 Å². The first-order valence-corrected chi connectivity index (χ1v) is 10.5. The number of pyridine rings is 1. The fourth-order valence-electron chi connectivity index (χ4n) is 3.88. The van der Waals surface area contributed by atoms with Crippen LogP contribution in [0.1, 0.15) is 11.3 Å². The summed E-state index contributed by atoms with van der Waals surface area (Å²) in [6.07, 6.45) is 0.607. The molecule has 0 spiro atoms. The first kappa shape index (κ1) is 22.3. The Morgan fingerprint density at radius 2 is 1.24 bits per heavy atom. The fourth-order valence-corrected chi connectivity index (χ4v) is 3.88. The first-order chi connectivity index (χ1) is 16.1. The van der Waals surface area contributed by atoms with Crippen LogP contribution in [0, 0.1) is 0 Å². The van der Waals surface area contributed by atoms with Gasteiger partial charge in [-0.15, -0.1) is 0 Å². The number of methoxy groups -OCH3 is 5. The summed E-state index contributed by atoms with van der Waals surface area (Å²) in [4.78, 5) is 5.04. The van der Waals surface area contributed by atoms with Crippen LogP contribution < -0.4 is 23.7 Å². The summed E-state index contributed by atoms with van der Waals surface area (Å²) in [5.74, 6) is 3.52. The third-order valence-electron chi connectivity index (χ3n) is 5.62. The number of fused-ring (bicyclic) bond motifs is 1. The van der Waals surface area contributed by atoms with Crippen molar-refractivity contribution < 1.29 is 23.7 Å². The predicted molar refractivity (Wildman–Crippen MR) is 129 cm³/mol. The lowest BCUT2D eigenvalue weighted by atomic mass is 10.00. The minimum Gasteiger partial charge on any atom is -0.497 e. The van der Waals surface area contributed by atoms with Crippen molar-refractivity contribution in [2.75, 3.05) is 35.5 Å². The summed E-state index contributed by atoms with van der Waals surface area (Å²) in [6, 6.07) is 19.8. The molecule has 33 heavy (non-hydrogen) atoms. The minimum absolute atomic E-state index is 0.607. The molecule has 0 bridgehead atoms. The molecule has 0 aliphatic heterocycles. The van der Waals surface area contributed by atoms with Gasteiger partial charge in [0, 0.05) is 17.4 Å². The van der Waals surface area contributed by atoms with Gasteiger partial charge in [0.1, 0.15) is 5.75 Å². The van der Waals surface area contributed by atoms with Crippen molar-refractivity contribution in [3.63, 3.8) is 0 Å². The molecular weight excluding hydrogens is 418 g/mol. The quantitative estimate of drug-likeness (QED) is 0.355. The molecule has 170 valence electrons. The summed E-state index contributed by atoms with van der Waals surface area (Å²) >= 11 is 0. The number of nitrogens with zero attached hydrogens (tertiary/aromatic N) is 1. The maximum Gasteiger partial charge on any atom is 0.161 e. The van der Waals surface area contributed by atoms with Crippen LogP contribution in [0.3, 0.4) is 0 Å². The average molecular weight is 446 g/mol. The van der Waals surface area contributed by atoms with Crippen LogP contribution in [0.15, 0.2) is 60.7 Å². The van der Waals surface area contributed by atoms with E-state index >= 15 is 0 Å². The molecule has 4 rings (SSSR count). The van der Waals surface area contributed by atoms with Gasteiger partial charge < -0.3 is 23.7 Å². The molecule has 6 heteroatoms. The molecule has 0 aliphatic rings. The Kier molecular flexibility index (Phi) is 6.54. The van der Waals surface area contributed by atoms with E-state index in [1.165, 1.54) is 0 Å². The van der Waals surface area contributed by atoms with Crippen molar-refractivity contribution in [2.45, 2.75) is 6.42 Å². The van der Waals surface area contributed by atoms with Gasteiger partial charge in [-0.25, -0.2) is 0 Å². The van der Waals surface area contributed by atoms with Crippen LogP contribution >= 0.6 is 0 Å². The highest BCUT2D eigenvalue weighted by atomic mass is 16.5. The Hall–Kier alpha value is -3.93. The molecule has 0 saturated heterocycles. The van der Waals surface area contributed by atoms with E-state index in [1.807, 2.05) is 54.6 Å². The van der Waals surface area contributed by atoms with E-state index in [1.54, 1.807) is 35.5 Å². The third kappa shape index (κ3) is 4.51. The highest BCUT2D eigenvalue weighted by Gasteiger charge is 2.15. The molecular formula is C27H27NO5. The van der Waals surface area contributed by atoms with E-state index in [0.717, 1.165) is 39.0 Å². The number of hydrogen-bond donors (Lipinski definition) is 0. The molecule has 0 radical (unpaired) electrons. The lowest BCUT2D eigenvalue weighted by Crippen LogP contribution is -1.99. The van der Waals surface area contributed by atoms with Gasteiger partial charge in [-0.2, -0.15) is 0 Å². The Labute approximate surface area is 193 Å². The topological polar surface area (TPSA) is 59.0 Å². The molecule has 6 nitrogen and oxygen atoms in total.